The van der Waals surface area contributed by atoms with Crippen molar-refractivity contribution >= 4 is 17.7 Å². The van der Waals surface area contributed by atoms with Crippen LogP contribution in [0.3, 0.4) is 0 Å². The summed E-state index contributed by atoms with van der Waals surface area (Å²) in [5, 5.41) is 22.2. The SMILES string of the molecule is CCOc1ccc(NC(=O)N[C@H](CCO)C(=O)O)cn1. The second kappa shape index (κ2) is 7.95. The first kappa shape index (κ1) is 15.7. The van der Waals surface area contributed by atoms with Crippen LogP contribution >= 0.6 is 0 Å². The van der Waals surface area contributed by atoms with Gasteiger partial charge in [0.15, 0.2) is 0 Å². The largest absolute Gasteiger partial charge is 0.480 e. The number of carboxylic acid groups (broad SMARTS) is 1. The van der Waals surface area contributed by atoms with E-state index in [-0.39, 0.29) is 13.0 Å². The molecule has 1 aromatic rings. The molecule has 1 atom stereocenters. The van der Waals surface area contributed by atoms with Crippen molar-refractivity contribution < 1.29 is 24.5 Å². The number of aliphatic hydroxyl groups is 1. The normalized spacial score (nSPS) is 11.5. The summed E-state index contributed by atoms with van der Waals surface area (Å²) in [6.07, 6.45) is 1.33. The number of nitrogens with zero attached hydrogens (tertiary/aromatic N) is 1. The number of aliphatic carboxylic acids is 1. The van der Waals surface area contributed by atoms with Gasteiger partial charge in [-0.1, -0.05) is 0 Å². The standard InChI is InChI=1S/C12H17N3O5/c1-2-20-10-4-3-8(7-13-10)14-12(19)15-9(5-6-16)11(17)18/h3-4,7,9,16H,2,5-6H2,1H3,(H,17,18)(H2,14,15,19)/t9-/m1/s1. The number of nitrogens with one attached hydrogen (secondary N) is 2. The van der Waals surface area contributed by atoms with Crippen molar-refractivity contribution in [2.45, 2.75) is 19.4 Å². The maximum atomic E-state index is 11.6. The van der Waals surface area contributed by atoms with Crippen LogP contribution in [0.5, 0.6) is 5.88 Å². The number of hydrogen-bond acceptors (Lipinski definition) is 5. The number of ether oxygens (including phenoxy) is 1. The first-order chi connectivity index (χ1) is 9.56. The predicted octanol–water partition coefficient (Wildman–Crippen LogP) is 0.437. The minimum Gasteiger partial charge on any atom is -0.480 e. The number of rotatable bonds is 7. The van der Waals surface area contributed by atoms with Crippen molar-refractivity contribution in [1.82, 2.24) is 10.3 Å². The molecule has 0 aliphatic rings. The van der Waals surface area contributed by atoms with Gasteiger partial charge in [-0.25, -0.2) is 14.6 Å². The highest BCUT2D eigenvalue weighted by molar-refractivity contribution is 5.92. The van der Waals surface area contributed by atoms with Crippen molar-refractivity contribution in [3.8, 4) is 5.88 Å². The Morgan fingerprint density at radius 3 is 2.70 bits per heavy atom. The number of amides is 2. The Labute approximate surface area is 115 Å². The average Bonchev–Trinajstić information content (AvgIpc) is 2.40. The number of aliphatic hydroxyl groups excluding tert-OH is 1. The summed E-state index contributed by atoms with van der Waals surface area (Å²) < 4.78 is 5.15. The van der Waals surface area contributed by atoms with Crippen LogP contribution < -0.4 is 15.4 Å². The maximum Gasteiger partial charge on any atom is 0.326 e. The lowest BCUT2D eigenvalue weighted by Crippen LogP contribution is -2.43. The minimum absolute atomic E-state index is 0.0652. The summed E-state index contributed by atoms with van der Waals surface area (Å²) in [6, 6.07) is 1.34. The number of anilines is 1. The number of carbonyl (C=O) groups excluding carboxylic acids is 1. The molecule has 2 amide bonds. The van der Waals surface area contributed by atoms with E-state index in [1.807, 2.05) is 6.92 Å². The van der Waals surface area contributed by atoms with E-state index >= 15 is 0 Å². The van der Waals surface area contributed by atoms with Gasteiger partial charge in [-0.2, -0.15) is 0 Å². The molecular weight excluding hydrogens is 266 g/mol. The van der Waals surface area contributed by atoms with Gasteiger partial charge in [0.05, 0.1) is 18.5 Å². The molecule has 20 heavy (non-hydrogen) atoms. The van der Waals surface area contributed by atoms with E-state index in [4.69, 9.17) is 14.9 Å². The molecule has 0 saturated heterocycles. The van der Waals surface area contributed by atoms with Crippen molar-refractivity contribution in [1.29, 1.82) is 0 Å². The third-order valence-corrected chi connectivity index (χ3v) is 2.31. The molecule has 0 aromatic carbocycles. The van der Waals surface area contributed by atoms with Gasteiger partial charge in [-0.05, 0) is 13.0 Å². The number of carbonyl (C=O) groups is 2. The average molecular weight is 283 g/mol. The van der Waals surface area contributed by atoms with Crippen LogP contribution in [0.2, 0.25) is 0 Å². The van der Waals surface area contributed by atoms with Crippen LogP contribution in [0.25, 0.3) is 0 Å². The third-order valence-electron chi connectivity index (χ3n) is 2.31. The van der Waals surface area contributed by atoms with E-state index in [0.29, 0.717) is 18.2 Å². The molecule has 0 radical (unpaired) electrons. The van der Waals surface area contributed by atoms with Crippen LogP contribution in [0.1, 0.15) is 13.3 Å². The Bertz CT molecular complexity index is 449. The van der Waals surface area contributed by atoms with Crippen molar-refractivity contribution in [3.63, 3.8) is 0 Å². The van der Waals surface area contributed by atoms with Gasteiger partial charge in [-0.15, -0.1) is 0 Å². The molecule has 8 heteroatoms. The zero-order chi connectivity index (χ0) is 15.0. The van der Waals surface area contributed by atoms with E-state index in [0.717, 1.165) is 0 Å². The second-order valence-electron chi connectivity index (χ2n) is 3.82. The quantitative estimate of drug-likeness (QED) is 0.576. The van der Waals surface area contributed by atoms with E-state index < -0.39 is 18.0 Å². The van der Waals surface area contributed by atoms with Gasteiger partial charge in [0.25, 0.3) is 0 Å². The Morgan fingerprint density at radius 2 is 2.20 bits per heavy atom. The molecule has 1 aromatic heterocycles. The smallest absolute Gasteiger partial charge is 0.326 e. The molecule has 8 nitrogen and oxygen atoms in total. The number of carboxylic acids is 1. The third kappa shape index (κ3) is 5.11. The van der Waals surface area contributed by atoms with E-state index in [2.05, 4.69) is 15.6 Å². The molecule has 0 saturated carbocycles. The van der Waals surface area contributed by atoms with Gasteiger partial charge in [0.1, 0.15) is 6.04 Å². The summed E-state index contributed by atoms with van der Waals surface area (Å²) in [5.74, 6) is -0.777. The summed E-state index contributed by atoms with van der Waals surface area (Å²) in [7, 11) is 0. The van der Waals surface area contributed by atoms with Crippen molar-refractivity contribution in [3.05, 3.63) is 18.3 Å². The first-order valence-corrected chi connectivity index (χ1v) is 6.06. The molecule has 0 fully saturated rings. The Hall–Kier alpha value is -2.35. The highest BCUT2D eigenvalue weighted by Gasteiger charge is 2.19. The van der Waals surface area contributed by atoms with E-state index in [1.54, 1.807) is 12.1 Å². The lowest BCUT2D eigenvalue weighted by molar-refractivity contribution is -0.139. The highest BCUT2D eigenvalue weighted by atomic mass is 16.5. The summed E-state index contributed by atoms with van der Waals surface area (Å²) in [4.78, 5) is 26.3. The Morgan fingerprint density at radius 1 is 1.45 bits per heavy atom. The van der Waals surface area contributed by atoms with E-state index in [9.17, 15) is 9.59 Å². The molecular formula is C12H17N3O5. The number of hydrogen-bond donors (Lipinski definition) is 4. The molecule has 1 rings (SSSR count). The van der Waals surface area contributed by atoms with Crippen LogP contribution in [-0.4, -0.2) is 46.5 Å². The van der Waals surface area contributed by atoms with Crippen molar-refractivity contribution in [2.24, 2.45) is 0 Å². The van der Waals surface area contributed by atoms with Crippen LogP contribution in [-0.2, 0) is 4.79 Å². The zero-order valence-corrected chi connectivity index (χ0v) is 11.0. The fourth-order valence-electron chi connectivity index (χ4n) is 1.40. The van der Waals surface area contributed by atoms with Gasteiger partial charge in [0.2, 0.25) is 5.88 Å². The van der Waals surface area contributed by atoms with Crippen LogP contribution in [0.15, 0.2) is 18.3 Å². The highest BCUT2D eigenvalue weighted by Crippen LogP contribution is 2.11. The fourth-order valence-corrected chi connectivity index (χ4v) is 1.40. The molecule has 0 aliphatic heterocycles. The monoisotopic (exact) mass is 283 g/mol. The first-order valence-electron chi connectivity index (χ1n) is 6.06. The molecule has 0 spiro atoms. The summed E-state index contributed by atoms with van der Waals surface area (Å²) >= 11 is 0. The topological polar surface area (TPSA) is 121 Å². The molecule has 0 aliphatic carbocycles. The lowest BCUT2D eigenvalue weighted by atomic mass is 10.2. The predicted molar refractivity (Wildman–Crippen MR) is 70.7 cm³/mol. The second-order valence-corrected chi connectivity index (χ2v) is 3.82. The number of urea groups is 1. The van der Waals surface area contributed by atoms with Gasteiger partial charge >= 0.3 is 12.0 Å². The maximum absolute atomic E-state index is 11.6. The molecule has 110 valence electrons. The van der Waals surface area contributed by atoms with Crippen molar-refractivity contribution in [2.75, 3.05) is 18.5 Å². The fraction of sp³-hybridized carbons (Fsp3) is 0.417. The summed E-state index contributed by atoms with van der Waals surface area (Å²) in [5.41, 5.74) is 0.402. The van der Waals surface area contributed by atoms with E-state index in [1.165, 1.54) is 6.20 Å². The molecule has 0 unspecified atom stereocenters. The minimum atomic E-state index is -1.21. The number of pyridine rings is 1. The molecule has 0 bridgehead atoms. The van der Waals surface area contributed by atoms with Crippen LogP contribution in [0.4, 0.5) is 10.5 Å². The van der Waals surface area contributed by atoms with Crippen LogP contribution in [0, 0.1) is 0 Å². The molecule has 4 N–H and O–H groups in total. The Balaban J connectivity index is 2.54. The molecule has 1 heterocycles. The summed E-state index contributed by atoms with van der Waals surface area (Å²) in [6.45, 7) is 1.98. The number of aromatic nitrogens is 1. The zero-order valence-electron chi connectivity index (χ0n) is 11.0. The lowest BCUT2D eigenvalue weighted by Gasteiger charge is -2.14. The van der Waals surface area contributed by atoms with Gasteiger partial charge < -0.3 is 25.6 Å². The Kier molecular flexibility index (Phi) is 6.24. The van der Waals surface area contributed by atoms with Gasteiger partial charge in [0, 0.05) is 19.1 Å². The van der Waals surface area contributed by atoms with Gasteiger partial charge in [-0.3, -0.25) is 0 Å².